The average molecular weight is 476 g/mol. The fraction of sp³-hybridized carbons (Fsp3) is 0.391. The van der Waals surface area contributed by atoms with E-state index in [0.29, 0.717) is 23.6 Å². The van der Waals surface area contributed by atoms with Gasteiger partial charge in [-0.25, -0.2) is 13.6 Å². The summed E-state index contributed by atoms with van der Waals surface area (Å²) < 4.78 is 40.3. The summed E-state index contributed by atoms with van der Waals surface area (Å²) in [6.07, 6.45) is 1.45. The number of aliphatic imine (C=N–C) groups is 1. The number of esters is 1. The largest absolute Gasteiger partial charge is 0.460 e. The number of ether oxygens (including phenoxy) is 2. The normalized spacial score (nSPS) is 18.1. The van der Waals surface area contributed by atoms with Crippen molar-refractivity contribution in [2.24, 2.45) is 4.99 Å². The predicted molar refractivity (Wildman–Crippen MR) is 120 cm³/mol. The molecule has 7 nitrogen and oxygen atoms in total. The minimum absolute atomic E-state index is 0.0497. The summed E-state index contributed by atoms with van der Waals surface area (Å²) in [5, 5.41) is 9.12. The molecular formula is C23H23F2N3O4S. The van der Waals surface area contributed by atoms with Crippen LogP contribution in [0.4, 0.5) is 13.8 Å². The van der Waals surface area contributed by atoms with Crippen molar-refractivity contribution in [1.29, 1.82) is 5.41 Å². The minimum Gasteiger partial charge on any atom is -0.460 e. The van der Waals surface area contributed by atoms with Crippen LogP contribution in [-0.2, 0) is 32.1 Å². The Morgan fingerprint density at radius 3 is 2.73 bits per heavy atom. The molecule has 1 aromatic heterocycles. The van der Waals surface area contributed by atoms with E-state index in [9.17, 15) is 18.4 Å². The molecule has 4 rings (SSSR count). The molecule has 0 aliphatic carbocycles. The van der Waals surface area contributed by atoms with Crippen LogP contribution in [0.5, 0.6) is 0 Å². The van der Waals surface area contributed by atoms with Crippen LogP contribution in [0.1, 0.15) is 41.8 Å². The van der Waals surface area contributed by atoms with Gasteiger partial charge in [0.2, 0.25) is 0 Å². The average Bonchev–Trinajstić information content (AvgIpc) is 2.91. The van der Waals surface area contributed by atoms with Gasteiger partial charge in [-0.3, -0.25) is 15.2 Å². The van der Waals surface area contributed by atoms with Crippen LogP contribution >= 0.6 is 11.3 Å². The number of carbonyl (C=O) groups is 2. The topological polar surface area (TPSA) is 92.1 Å². The van der Waals surface area contributed by atoms with Crippen molar-refractivity contribution < 1.29 is 27.8 Å². The summed E-state index contributed by atoms with van der Waals surface area (Å²) in [6.45, 7) is 3.59. The lowest BCUT2D eigenvalue weighted by molar-refractivity contribution is -0.152. The number of benzene rings is 1. The molecule has 2 aromatic rings. The number of fused-ring (bicyclic) bond motifs is 3. The highest BCUT2D eigenvalue weighted by Gasteiger charge is 2.36. The van der Waals surface area contributed by atoms with Crippen LogP contribution < -0.4 is 4.90 Å². The monoisotopic (exact) mass is 475 g/mol. The molecule has 1 aromatic carbocycles. The van der Waals surface area contributed by atoms with Crippen molar-refractivity contribution >= 4 is 39.6 Å². The SMILES string of the molecule is CCOC(=O)C(=O)CN1C(=N)[C@H](C)N=C(c2c(F)cccc2F)c2c1sc1c2COCCC1. The van der Waals surface area contributed by atoms with Crippen molar-refractivity contribution in [3.05, 3.63) is 51.4 Å². The molecule has 0 amide bonds. The van der Waals surface area contributed by atoms with Crippen LogP contribution in [0.2, 0.25) is 0 Å². The molecule has 3 heterocycles. The number of anilines is 1. The first kappa shape index (κ1) is 23.2. The fourth-order valence-electron chi connectivity index (χ4n) is 3.94. The number of amidine groups is 1. The molecule has 0 bridgehead atoms. The Morgan fingerprint density at radius 2 is 2.03 bits per heavy atom. The second kappa shape index (κ2) is 9.48. The lowest BCUT2D eigenvalue weighted by Gasteiger charge is -2.24. The molecule has 2 aliphatic heterocycles. The zero-order valence-corrected chi connectivity index (χ0v) is 19.1. The predicted octanol–water partition coefficient (Wildman–Crippen LogP) is 3.64. The number of rotatable bonds is 5. The number of hydrogen-bond acceptors (Lipinski definition) is 7. The third-order valence-electron chi connectivity index (χ3n) is 5.51. The van der Waals surface area contributed by atoms with Crippen molar-refractivity contribution in [1.82, 2.24) is 0 Å². The number of carbonyl (C=O) groups excluding carboxylic acids is 2. The number of nitrogens with one attached hydrogen (secondary N) is 1. The van der Waals surface area contributed by atoms with Crippen molar-refractivity contribution in [2.45, 2.75) is 39.3 Å². The highest BCUT2D eigenvalue weighted by atomic mass is 32.1. The van der Waals surface area contributed by atoms with Crippen molar-refractivity contribution in [2.75, 3.05) is 24.7 Å². The quantitative estimate of drug-likeness (QED) is 0.527. The first-order valence-electron chi connectivity index (χ1n) is 10.6. The van der Waals surface area contributed by atoms with Crippen molar-refractivity contribution in [3.63, 3.8) is 0 Å². The van der Waals surface area contributed by atoms with E-state index in [1.165, 1.54) is 22.3 Å². The van der Waals surface area contributed by atoms with Crippen LogP contribution in [-0.4, -0.2) is 49.1 Å². The van der Waals surface area contributed by atoms with Gasteiger partial charge in [0.15, 0.2) is 0 Å². The summed E-state index contributed by atoms with van der Waals surface area (Å²) in [5.74, 6) is -3.42. The number of thiophene rings is 1. The standard InChI is InChI=1S/C23H23F2N3O4S/c1-3-32-23(30)16(29)10-28-21(26)12(2)27-20(19-14(24)6-4-7-15(19)25)18-13-11-31-9-5-8-17(13)33-22(18)28/h4,6-7,12,26H,3,5,8-11H2,1-2H3/t12-/m0/s1. The van der Waals surface area contributed by atoms with E-state index in [0.717, 1.165) is 29.0 Å². The van der Waals surface area contributed by atoms with E-state index in [4.69, 9.17) is 14.9 Å². The molecule has 0 fully saturated rings. The Morgan fingerprint density at radius 1 is 1.30 bits per heavy atom. The number of halogens is 2. The van der Waals surface area contributed by atoms with E-state index in [1.807, 2.05) is 0 Å². The van der Waals surface area contributed by atoms with E-state index in [2.05, 4.69) is 4.99 Å². The van der Waals surface area contributed by atoms with Crippen LogP contribution in [0, 0.1) is 17.0 Å². The zero-order chi connectivity index (χ0) is 23.7. The Labute approximate surface area is 193 Å². The summed E-state index contributed by atoms with van der Waals surface area (Å²) in [4.78, 5) is 31.4. The number of ketones is 1. The van der Waals surface area contributed by atoms with Gasteiger partial charge in [-0.2, -0.15) is 0 Å². The number of nitrogens with zero attached hydrogens (tertiary/aromatic N) is 2. The first-order chi connectivity index (χ1) is 15.8. The molecule has 174 valence electrons. The Balaban J connectivity index is 1.92. The van der Waals surface area contributed by atoms with Gasteiger partial charge in [0.05, 0.1) is 31.0 Å². The number of hydrogen-bond donors (Lipinski definition) is 1. The Kier molecular flexibility index (Phi) is 6.66. The third-order valence-corrected chi connectivity index (χ3v) is 6.82. The maximum absolute atomic E-state index is 14.9. The van der Waals surface area contributed by atoms with Crippen LogP contribution in [0.15, 0.2) is 23.2 Å². The molecule has 1 atom stereocenters. The van der Waals surface area contributed by atoms with Gasteiger partial charge in [0, 0.05) is 22.6 Å². The first-order valence-corrected chi connectivity index (χ1v) is 11.5. The number of Topliss-reactive ketones (excluding diaryl/α,β-unsaturated/α-hetero) is 1. The lowest BCUT2D eigenvalue weighted by Crippen LogP contribution is -2.41. The van der Waals surface area contributed by atoms with E-state index < -0.39 is 36.0 Å². The fourth-order valence-corrected chi connectivity index (χ4v) is 5.30. The molecule has 0 unspecified atom stereocenters. The lowest BCUT2D eigenvalue weighted by atomic mass is 9.97. The van der Waals surface area contributed by atoms with Crippen LogP contribution in [0.25, 0.3) is 0 Å². The maximum atomic E-state index is 14.9. The van der Waals surface area contributed by atoms with Gasteiger partial charge in [-0.05, 0) is 38.8 Å². The minimum atomic E-state index is -0.994. The zero-order valence-electron chi connectivity index (χ0n) is 18.2. The molecule has 0 saturated heterocycles. The van der Waals surface area contributed by atoms with Gasteiger partial charge < -0.3 is 14.4 Å². The summed E-state index contributed by atoms with van der Waals surface area (Å²) in [7, 11) is 0. The molecule has 0 radical (unpaired) electrons. The van der Waals surface area contributed by atoms with E-state index in [-0.39, 0.29) is 30.3 Å². The molecule has 10 heteroatoms. The summed E-state index contributed by atoms with van der Waals surface area (Å²) in [6, 6.07) is 2.77. The maximum Gasteiger partial charge on any atom is 0.376 e. The molecular weight excluding hydrogens is 452 g/mol. The second-order valence-electron chi connectivity index (χ2n) is 7.71. The highest BCUT2D eigenvalue weighted by molar-refractivity contribution is 7.17. The molecule has 0 spiro atoms. The van der Waals surface area contributed by atoms with Gasteiger partial charge in [-0.1, -0.05) is 6.07 Å². The van der Waals surface area contributed by atoms with Crippen LogP contribution in [0.3, 0.4) is 0 Å². The Bertz CT molecular complexity index is 1140. The van der Waals surface area contributed by atoms with E-state index >= 15 is 0 Å². The second-order valence-corrected chi connectivity index (χ2v) is 8.79. The van der Waals surface area contributed by atoms with E-state index in [1.54, 1.807) is 13.8 Å². The third kappa shape index (κ3) is 4.32. The van der Waals surface area contributed by atoms with Crippen molar-refractivity contribution in [3.8, 4) is 0 Å². The van der Waals surface area contributed by atoms with Gasteiger partial charge in [-0.15, -0.1) is 11.3 Å². The highest BCUT2D eigenvalue weighted by Crippen LogP contribution is 2.42. The van der Waals surface area contributed by atoms with Gasteiger partial charge in [0.25, 0.3) is 5.78 Å². The van der Waals surface area contributed by atoms with Gasteiger partial charge >= 0.3 is 5.97 Å². The Hall–Kier alpha value is -2.98. The van der Waals surface area contributed by atoms with Gasteiger partial charge in [0.1, 0.15) is 28.5 Å². The molecule has 1 N–H and O–H groups in total. The summed E-state index contributed by atoms with van der Waals surface area (Å²) >= 11 is 1.33. The molecule has 2 aliphatic rings. The molecule has 0 saturated carbocycles. The molecule has 33 heavy (non-hydrogen) atoms. The summed E-state index contributed by atoms with van der Waals surface area (Å²) in [5.41, 5.74) is 0.963. The smallest absolute Gasteiger partial charge is 0.376 e. The number of aryl methyl sites for hydroxylation is 1.